The fourth-order valence-corrected chi connectivity index (χ4v) is 3.43. The first-order valence-electron chi connectivity index (χ1n) is 10.3. The number of quaternary nitrogens is 1. The molecule has 160 valence electrons. The molecule has 0 heterocycles. The van der Waals surface area contributed by atoms with Gasteiger partial charge in [-0.15, -0.1) is 0 Å². The zero-order valence-electron chi connectivity index (χ0n) is 17.6. The van der Waals surface area contributed by atoms with E-state index < -0.39 is 11.9 Å². The minimum Gasteiger partial charge on any atom is -0.366 e. The van der Waals surface area contributed by atoms with E-state index in [0.717, 1.165) is 17.5 Å². The van der Waals surface area contributed by atoms with Gasteiger partial charge in [0.2, 0.25) is 5.91 Å². The molecule has 3 rings (SSSR count). The van der Waals surface area contributed by atoms with Crippen LogP contribution in [0.1, 0.15) is 46.9 Å². The number of hydrogen-bond acceptors (Lipinski definition) is 2. The fraction of sp³-hybridized carbons (Fsp3) is 0.200. The van der Waals surface area contributed by atoms with Gasteiger partial charge in [-0.25, -0.2) is 4.39 Å². The lowest BCUT2D eigenvalue weighted by Crippen LogP contribution is -2.92. The van der Waals surface area contributed by atoms with Crippen molar-refractivity contribution in [3.63, 3.8) is 0 Å². The van der Waals surface area contributed by atoms with Crippen LogP contribution in [0.4, 0.5) is 10.1 Å². The molecule has 0 saturated carbocycles. The van der Waals surface area contributed by atoms with E-state index in [-0.39, 0.29) is 17.8 Å². The molecule has 0 radical (unpaired) electrons. The van der Waals surface area contributed by atoms with E-state index in [4.69, 9.17) is 5.73 Å². The van der Waals surface area contributed by atoms with Crippen LogP contribution in [-0.2, 0) is 11.2 Å². The molecule has 2 atom stereocenters. The number of hydrogen-bond donors (Lipinski definition) is 3. The summed E-state index contributed by atoms with van der Waals surface area (Å²) in [6.45, 7) is 3.90. The van der Waals surface area contributed by atoms with E-state index in [9.17, 15) is 14.0 Å². The third-order valence-corrected chi connectivity index (χ3v) is 5.29. The number of aryl methyl sites for hydroxylation is 1. The van der Waals surface area contributed by atoms with Crippen molar-refractivity contribution in [2.75, 3.05) is 5.32 Å². The number of carbonyl (C=O) groups is 2. The van der Waals surface area contributed by atoms with Crippen molar-refractivity contribution in [2.45, 2.75) is 32.4 Å². The Bertz CT molecular complexity index is 1050. The summed E-state index contributed by atoms with van der Waals surface area (Å²) >= 11 is 0. The van der Waals surface area contributed by atoms with Gasteiger partial charge in [0.25, 0.3) is 5.91 Å². The largest absolute Gasteiger partial charge is 0.366 e. The summed E-state index contributed by atoms with van der Waals surface area (Å²) in [7, 11) is 0. The first kappa shape index (κ1) is 22.2. The molecule has 6 heteroatoms. The molecule has 0 spiro atoms. The van der Waals surface area contributed by atoms with Crippen LogP contribution in [0.25, 0.3) is 0 Å². The highest BCUT2D eigenvalue weighted by atomic mass is 19.1. The molecule has 31 heavy (non-hydrogen) atoms. The van der Waals surface area contributed by atoms with E-state index in [1.165, 1.54) is 17.7 Å². The molecule has 5 nitrogen and oxygen atoms in total. The van der Waals surface area contributed by atoms with Crippen LogP contribution >= 0.6 is 0 Å². The van der Waals surface area contributed by atoms with Crippen LogP contribution in [0.3, 0.4) is 0 Å². The van der Waals surface area contributed by atoms with Crippen molar-refractivity contribution in [1.29, 1.82) is 0 Å². The number of amides is 2. The Labute approximate surface area is 181 Å². The van der Waals surface area contributed by atoms with Crippen molar-refractivity contribution in [3.8, 4) is 0 Å². The van der Waals surface area contributed by atoms with Gasteiger partial charge in [0.05, 0.1) is 0 Å². The number of nitrogens with two attached hydrogens (primary N) is 2. The molecule has 0 fully saturated rings. The smallest absolute Gasteiger partial charge is 0.282 e. The van der Waals surface area contributed by atoms with E-state index >= 15 is 0 Å². The van der Waals surface area contributed by atoms with E-state index in [1.807, 2.05) is 23.5 Å². The zero-order chi connectivity index (χ0) is 22.4. The first-order valence-corrected chi connectivity index (χ1v) is 10.3. The molecule has 0 bridgehead atoms. The summed E-state index contributed by atoms with van der Waals surface area (Å²) in [5.74, 6) is -1.03. The lowest BCUT2D eigenvalue weighted by Gasteiger charge is -2.21. The van der Waals surface area contributed by atoms with Crippen molar-refractivity contribution < 1.29 is 19.3 Å². The number of nitrogens with one attached hydrogen (secondary N) is 1. The maximum atomic E-state index is 13.9. The maximum Gasteiger partial charge on any atom is 0.282 e. The van der Waals surface area contributed by atoms with Gasteiger partial charge in [0.1, 0.15) is 11.9 Å². The van der Waals surface area contributed by atoms with Crippen LogP contribution in [-0.4, -0.2) is 17.9 Å². The summed E-state index contributed by atoms with van der Waals surface area (Å²) in [5, 5.41) is 4.77. The molecule has 0 saturated heterocycles. The molecule has 5 N–H and O–H groups in total. The molecular weight excluding hydrogens is 393 g/mol. The lowest BCUT2D eigenvalue weighted by molar-refractivity contribution is -0.704. The number of halogens is 1. The van der Waals surface area contributed by atoms with Gasteiger partial charge >= 0.3 is 0 Å². The second-order valence-corrected chi connectivity index (χ2v) is 7.54. The third-order valence-electron chi connectivity index (χ3n) is 5.29. The van der Waals surface area contributed by atoms with Crippen molar-refractivity contribution >= 4 is 17.5 Å². The average Bonchev–Trinajstić information content (AvgIpc) is 2.77. The van der Waals surface area contributed by atoms with Gasteiger partial charge in [0.15, 0.2) is 6.04 Å². The van der Waals surface area contributed by atoms with Crippen LogP contribution in [0.15, 0.2) is 72.8 Å². The first-order chi connectivity index (χ1) is 14.9. The highest BCUT2D eigenvalue weighted by molar-refractivity contribution is 5.95. The lowest BCUT2D eigenvalue weighted by atomic mass is 9.96. The van der Waals surface area contributed by atoms with Gasteiger partial charge in [-0.3, -0.25) is 9.59 Å². The second-order valence-electron chi connectivity index (χ2n) is 7.54. The molecule has 3 aromatic carbocycles. The van der Waals surface area contributed by atoms with E-state index in [0.29, 0.717) is 11.3 Å². The van der Waals surface area contributed by atoms with Crippen LogP contribution in [0.5, 0.6) is 0 Å². The number of primary amides is 1. The number of anilines is 1. The van der Waals surface area contributed by atoms with Crippen molar-refractivity contribution in [1.82, 2.24) is 0 Å². The summed E-state index contributed by atoms with van der Waals surface area (Å²) in [5.41, 5.74) is 9.19. The predicted molar refractivity (Wildman–Crippen MR) is 119 cm³/mol. The van der Waals surface area contributed by atoms with Crippen molar-refractivity contribution in [2.24, 2.45) is 5.73 Å². The second kappa shape index (κ2) is 10.00. The summed E-state index contributed by atoms with van der Waals surface area (Å²) in [6, 6.07) is 20.3. The maximum absolute atomic E-state index is 13.9. The molecule has 3 aromatic rings. The summed E-state index contributed by atoms with van der Waals surface area (Å²) in [4.78, 5) is 24.0. The summed E-state index contributed by atoms with van der Waals surface area (Å²) < 4.78 is 13.9. The molecule has 0 unspecified atom stereocenters. The van der Waals surface area contributed by atoms with Gasteiger partial charge < -0.3 is 16.4 Å². The minimum absolute atomic E-state index is 0.196. The van der Waals surface area contributed by atoms with Gasteiger partial charge in [-0.1, -0.05) is 43.3 Å². The van der Waals surface area contributed by atoms with E-state index in [2.05, 4.69) is 24.4 Å². The zero-order valence-corrected chi connectivity index (χ0v) is 17.6. The third kappa shape index (κ3) is 5.77. The van der Waals surface area contributed by atoms with Gasteiger partial charge in [0, 0.05) is 22.4 Å². The summed E-state index contributed by atoms with van der Waals surface area (Å²) in [6.07, 6.45) is 0.933. The van der Waals surface area contributed by atoms with E-state index in [1.54, 1.807) is 37.3 Å². The highest BCUT2D eigenvalue weighted by Crippen LogP contribution is 2.20. The van der Waals surface area contributed by atoms with Crippen LogP contribution in [0, 0.1) is 5.82 Å². The topological polar surface area (TPSA) is 88.8 Å². The van der Waals surface area contributed by atoms with Crippen molar-refractivity contribution in [3.05, 3.63) is 101 Å². The molecule has 0 aliphatic rings. The Hall–Kier alpha value is -3.51. The average molecular weight is 421 g/mol. The Balaban J connectivity index is 1.79. The quantitative estimate of drug-likeness (QED) is 0.523. The monoisotopic (exact) mass is 420 g/mol. The number of benzene rings is 3. The minimum atomic E-state index is -0.522. The van der Waals surface area contributed by atoms with Gasteiger partial charge in [-0.05, 0) is 55.3 Å². The molecule has 2 amide bonds. The highest BCUT2D eigenvalue weighted by Gasteiger charge is 2.25. The SMILES string of the molecule is CCc1ccc([C@H]([NH2+][C@H](C)C(=O)Nc2ccc(C(N)=O)cc2)c2cccc(F)c2)cc1. The number of rotatable bonds is 8. The standard InChI is InChI=1S/C25H26FN3O2/c1-3-17-7-9-18(10-8-17)23(20-5-4-6-21(26)15-20)28-16(2)25(31)29-22-13-11-19(12-14-22)24(27)30/h4-16,23,28H,3H2,1-2H3,(H2,27,30)(H,29,31)/p+1/t16-,23+/m1/s1. The molecule has 0 aliphatic carbocycles. The Morgan fingerprint density at radius 2 is 1.68 bits per heavy atom. The van der Waals surface area contributed by atoms with Gasteiger partial charge in [-0.2, -0.15) is 0 Å². The number of carbonyl (C=O) groups excluding carboxylic acids is 2. The molecular formula is C25H27FN3O2+. The Morgan fingerprint density at radius 1 is 1.00 bits per heavy atom. The Kier molecular flexibility index (Phi) is 7.15. The van der Waals surface area contributed by atoms with Crippen LogP contribution < -0.4 is 16.4 Å². The Morgan fingerprint density at radius 3 is 2.26 bits per heavy atom. The normalized spacial score (nSPS) is 12.7. The predicted octanol–water partition coefficient (Wildman–Crippen LogP) is 3.17. The molecule has 0 aromatic heterocycles. The molecule has 0 aliphatic heterocycles. The fourth-order valence-electron chi connectivity index (χ4n) is 3.43. The van der Waals surface area contributed by atoms with Crippen LogP contribution in [0.2, 0.25) is 0 Å².